The fourth-order valence-corrected chi connectivity index (χ4v) is 2.19. The van der Waals surface area contributed by atoms with E-state index in [2.05, 4.69) is 10.1 Å². The largest absolute Gasteiger partial charge is 0.447 e. The quantitative estimate of drug-likeness (QED) is 0.519. The van der Waals surface area contributed by atoms with E-state index in [0.29, 0.717) is 19.4 Å². The van der Waals surface area contributed by atoms with Crippen LogP contribution in [0.5, 0.6) is 0 Å². The SMILES string of the molecule is CC(C)CNC(=O)C(OCCOC(N)=O)C(O)CCc1ccccc1. The van der Waals surface area contributed by atoms with Crippen LogP contribution < -0.4 is 11.1 Å². The summed E-state index contributed by atoms with van der Waals surface area (Å²) in [6, 6.07) is 9.69. The molecule has 2 atom stereocenters. The summed E-state index contributed by atoms with van der Waals surface area (Å²) in [6.45, 7) is 4.34. The molecule has 1 rings (SSSR count). The predicted molar refractivity (Wildman–Crippen MR) is 93.9 cm³/mol. The van der Waals surface area contributed by atoms with Gasteiger partial charge in [0.05, 0.1) is 12.7 Å². The molecule has 0 aromatic heterocycles. The van der Waals surface area contributed by atoms with Crippen molar-refractivity contribution in [2.24, 2.45) is 11.7 Å². The number of aliphatic hydroxyl groups is 1. The van der Waals surface area contributed by atoms with Crippen molar-refractivity contribution in [1.82, 2.24) is 5.32 Å². The molecule has 2 amide bonds. The van der Waals surface area contributed by atoms with Crippen molar-refractivity contribution in [1.29, 1.82) is 0 Å². The van der Waals surface area contributed by atoms with Gasteiger partial charge in [-0.3, -0.25) is 4.79 Å². The average molecular weight is 352 g/mol. The number of benzene rings is 1. The van der Waals surface area contributed by atoms with Crippen LogP contribution in [0.15, 0.2) is 30.3 Å². The Labute approximate surface area is 148 Å². The molecule has 1 aromatic rings. The van der Waals surface area contributed by atoms with Gasteiger partial charge in [-0.2, -0.15) is 0 Å². The monoisotopic (exact) mass is 352 g/mol. The van der Waals surface area contributed by atoms with Crippen molar-refractivity contribution < 1.29 is 24.2 Å². The van der Waals surface area contributed by atoms with Gasteiger partial charge in [0.2, 0.25) is 0 Å². The van der Waals surface area contributed by atoms with Crippen LogP contribution in [0, 0.1) is 5.92 Å². The predicted octanol–water partition coefficient (Wildman–Crippen LogP) is 1.23. The Hall–Kier alpha value is -2.12. The van der Waals surface area contributed by atoms with Crippen molar-refractivity contribution >= 4 is 12.0 Å². The molecule has 0 radical (unpaired) electrons. The highest BCUT2D eigenvalue weighted by Crippen LogP contribution is 2.10. The minimum atomic E-state index is -1.03. The Morgan fingerprint density at radius 1 is 1.20 bits per heavy atom. The highest BCUT2D eigenvalue weighted by molar-refractivity contribution is 5.81. The van der Waals surface area contributed by atoms with E-state index in [-0.39, 0.29) is 25.0 Å². The van der Waals surface area contributed by atoms with Gasteiger partial charge in [0.15, 0.2) is 6.10 Å². The molecular weight excluding hydrogens is 324 g/mol. The molecule has 0 aliphatic heterocycles. The molecule has 140 valence electrons. The normalized spacial score (nSPS) is 13.3. The second-order valence-electron chi connectivity index (χ2n) is 6.19. The first-order valence-electron chi connectivity index (χ1n) is 8.43. The molecule has 0 aliphatic rings. The zero-order valence-electron chi connectivity index (χ0n) is 14.8. The van der Waals surface area contributed by atoms with Gasteiger partial charge < -0.3 is 25.6 Å². The van der Waals surface area contributed by atoms with E-state index in [1.807, 2.05) is 44.2 Å². The fraction of sp³-hybridized carbons (Fsp3) is 0.556. The van der Waals surface area contributed by atoms with Crippen molar-refractivity contribution in [2.45, 2.75) is 38.9 Å². The van der Waals surface area contributed by atoms with Crippen LogP contribution in [0.25, 0.3) is 0 Å². The number of carbonyl (C=O) groups excluding carboxylic acids is 2. The third-order valence-electron chi connectivity index (χ3n) is 3.49. The number of carbonyl (C=O) groups is 2. The number of nitrogens with one attached hydrogen (secondary N) is 1. The molecule has 0 heterocycles. The molecule has 7 nitrogen and oxygen atoms in total. The summed E-state index contributed by atoms with van der Waals surface area (Å²) in [5, 5.41) is 13.2. The summed E-state index contributed by atoms with van der Waals surface area (Å²) in [7, 11) is 0. The van der Waals surface area contributed by atoms with Gasteiger partial charge in [-0.15, -0.1) is 0 Å². The molecule has 2 unspecified atom stereocenters. The van der Waals surface area contributed by atoms with Crippen LogP contribution in [-0.2, 0) is 20.7 Å². The van der Waals surface area contributed by atoms with Crippen molar-refractivity contribution in [3.8, 4) is 0 Å². The van der Waals surface area contributed by atoms with E-state index >= 15 is 0 Å². The maximum absolute atomic E-state index is 12.3. The van der Waals surface area contributed by atoms with E-state index in [9.17, 15) is 14.7 Å². The van der Waals surface area contributed by atoms with Gasteiger partial charge in [-0.05, 0) is 24.3 Å². The van der Waals surface area contributed by atoms with Crippen LogP contribution in [0.4, 0.5) is 4.79 Å². The standard InChI is InChI=1S/C18H28N2O5/c1-13(2)12-20-17(22)16(24-10-11-25-18(19)23)15(21)9-8-14-6-4-3-5-7-14/h3-7,13,15-16,21H,8-12H2,1-2H3,(H2,19,23)(H,20,22). The molecule has 0 aliphatic carbocycles. The van der Waals surface area contributed by atoms with Crippen LogP contribution in [0.2, 0.25) is 0 Å². The maximum Gasteiger partial charge on any atom is 0.404 e. The average Bonchev–Trinajstić information content (AvgIpc) is 2.58. The van der Waals surface area contributed by atoms with Crippen LogP contribution >= 0.6 is 0 Å². The Kier molecular flexibility index (Phi) is 9.57. The van der Waals surface area contributed by atoms with E-state index in [0.717, 1.165) is 5.56 Å². The molecule has 4 N–H and O–H groups in total. The summed E-state index contributed by atoms with van der Waals surface area (Å²) < 4.78 is 10.0. The smallest absolute Gasteiger partial charge is 0.404 e. The number of amides is 2. The Bertz CT molecular complexity index is 521. The van der Waals surface area contributed by atoms with E-state index < -0.39 is 18.3 Å². The minimum Gasteiger partial charge on any atom is -0.447 e. The summed E-state index contributed by atoms with van der Waals surface area (Å²) >= 11 is 0. The summed E-state index contributed by atoms with van der Waals surface area (Å²) in [6.07, 6.45) is -1.91. The van der Waals surface area contributed by atoms with Crippen molar-refractivity contribution in [3.05, 3.63) is 35.9 Å². The number of ether oxygens (including phenoxy) is 2. The van der Waals surface area contributed by atoms with Gasteiger partial charge in [0, 0.05) is 6.54 Å². The lowest BCUT2D eigenvalue weighted by Crippen LogP contribution is -2.45. The first-order valence-corrected chi connectivity index (χ1v) is 8.43. The van der Waals surface area contributed by atoms with E-state index in [1.54, 1.807) is 0 Å². The second kappa shape index (κ2) is 11.4. The number of primary amides is 1. The van der Waals surface area contributed by atoms with Gasteiger partial charge >= 0.3 is 6.09 Å². The lowest BCUT2D eigenvalue weighted by atomic mass is 10.0. The van der Waals surface area contributed by atoms with Crippen molar-refractivity contribution in [2.75, 3.05) is 19.8 Å². The highest BCUT2D eigenvalue weighted by atomic mass is 16.6. The summed E-state index contributed by atoms with van der Waals surface area (Å²) in [5.41, 5.74) is 5.95. The number of nitrogens with two attached hydrogens (primary N) is 1. The molecule has 0 saturated heterocycles. The van der Waals surface area contributed by atoms with Crippen LogP contribution in [0.1, 0.15) is 25.8 Å². The molecular formula is C18H28N2O5. The third-order valence-corrected chi connectivity index (χ3v) is 3.49. The topological polar surface area (TPSA) is 111 Å². The van der Waals surface area contributed by atoms with E-state index in [1.165, 1.54) is 0 Å². The molecule has 0 bridgehead atoms. The molecule has 0 saturated carbocycles. The molecule has 1 aromatic carbocycles. The number of hydrogen-bond donors (Lipinski definition) is 3. The first-order chi connectivity index (χ1) is 11.9. The van der Waals surface area contributed by atoms with E-state index in [4.69, 9.17) is 10.5 Å². The highest BCUT2D eigenvalue weighted by Gasteiger charge is 2.27. The van der Waals surface area contributed by atoms with Crippen LogP contribution in [0.3, 0.4) is 0 Å². The minimum absolute atomic E-state index is 0.0227. The van der Waals surface area contributed by atoms with Crippen molar-refractivity contribution in [3.63, 3.8) is 0 Å². The van der Waals surface area contributed by atoms with Crippen LogP contribution in [-0.4, -0.2) is 49.1 Å². The summed E-state index contributed by atoms with van der Waals surface area (Å²) in [4.78, 5) is 22.9. The fourth-order valence-electron chi connectivity index (χ4n) is 2.19. The molecule has 25 heavy (non-hydrogen) atoms. The Morgan fingerprint density at radius 2 is 1.88 bits per heavy atom. The Morgan fingerprint density at radius 3 is 2.48 bits per heavy atom. The zero-order valence-corrected chi connectivity index (χ0v) is 14.8. The zero-order chi connectivity index (χ0) is 18.7. The molecule has 0 fully saturated rings. The lowest BCUT2D eigenvalue weighted by molar-refractivity contribution is -0.142. The first kappa shape index (κ1) is 20.9. The third kappa shape index (κ3) is 9.07. The summed E-state index contributed by atoms with van der Waals surface area (Å²) in [5.74, 6) is -0.0995. The van der Waals surface area contributed by atoms with Gasteiger partial charge in [-0.1, -0.05) is 44.2 Å². The number of rotatable bonds is 11. The number of aryl methyl sites for hydroxylation is 1. The maximum atomic E-state index is 12.3. The number of aliphatic hydroxyl groups excluding tert-OH is 1. The molecule has 0 spiro atoms. The van der Waals surface area contributed by atoms with Gasteiger partial charge in [-0.25, -0.2) is 4.79 Å². The van der Waals surface area contributed by atoms with Gasteiger partial charge in [0.1, 0.15) is 6.61 Å². The number of hydrogen-bond acceptors (Lipinski definition) is 5. The second-order valence-corrected chi connectivity index (χ2v) is 6.19. The van der Waals surface area contributed by atoms with Gasteiger partial charge in [0.25, 0.3) is 5.91 Å². The Balaban J connectivity index is 2.57. The lowest BCUT2D eigenvalue weighted by Gasteiger charge is -2.23. The molecule has 7 heteroatoms.